The van der Waals surface area contributed by atoms with Crippen molar-refractivity contribution in [3.05, 3.63) is 94.3 Å². The second-order valence-electron chi connectivity index (χ2n) is 7.29. The first-order valence-corrected chi connectivity index (χ1v) is 10.3. The van der Waals surface area contributed by atoms with E-state index < -0.39 is 6.23 Å². The van der Waals surface area contributed by atoms with Gasteiger partial charge >= 0.3 is 0 Å². The first kappa shape index (κ1) is 18.9. The summed E-state index contributed by atoms with van der Waals surface area (Å²) in [5.74, 6) is 1.19. The van der Waals surface area contributed by atoms with Gasteiger partial charge in [0.1, 0.15) is 5.82 Å². The van der Waals surface area contributed by atoms with Crippen LogP contribution >= 0.6 is 11.6 Å². The average molecular weight is 423 g/mol. The van der Waals surface area contributed by atoms with Crippen LogP contribution in [-0.2, 0) is 0 Å². The lowest BCUT2D eigenvalue weighted by molar-refractivity contribution is -0.0212. The number of fused-ring (bicyclic) bond motifs is 3. The van der Waals surface area contributed by atoms with Crippen molar-refractivity contribution in [2.75, 3.05) is 6.61 Å². The molecule has 3 aromatic carbocycles. The Balaban J connectivity index is 1.61. The highest BCUT2D eigenvalue weighted by Crippen LogP contribution is 2.50. The number of hydrazone groups is 1. The summed E-state index contributed by atoms with van der Waals surface area (Å²) in [6, 6.07) is 20.0. The van der Waals surface area contributed by atoms with Gasteiger partial charge in [0.15, 0.2) is 11.5 Å². The molecule has 0 aliphatic carbocycles. The highest BCUT2D eigenvalue weighted by molar-refractivity contribution is 6.30. The molecule has 0 saturated carbocycles. The summed E-state index contributed by atoms with van der Waals surface area (Å²) in [7, 11) is 0. The van der Waals surface area contributed by atoms with Gasteiger partial charge in [0, 0.05) is 22.6 Å². The molecular weight excluding hydrogens is 403 g/mol. The molecule has 0 saturated heterocycles. The molecule has 2 aliphatic heterocycles. The fourth-order valence-corrected chi connectivity index (χ4v) is 4.25. The lowest BCUT2D eigenvalue weighted by atomic mass is 9.95. The molecule has 3 aromatic rings. The number of hydrogen-bond donors (Lipinski definition) is 0. The van der Waals surface area contributed by atoms with E-state index in [9.17, 15) is 4.39 Å². The SMILES string of the molecule is CCOc1cccc2c1O[C@@H](c1cccc(Cl)c1)N1N=C(c3ccc(F)cc3)C[C@H]21. The molecule has 30 heavy (non-hydrogen) atoms. The second-order valence-corrected chi connectivity index (χ2v) is 7.72. The summed E-state index contributed by atoms with van der Waals surface area (Å²) in [5, 5.41) is 7.50. The van der Waals surface area contributed by atoms with Gasteiger partial charge in [-0.05, 0) is 42.8 Å². The molecule has 0 aromatic heterocycles. The van der Waals surface area contributed by atoms with Gasteiger partial charge in [-0.3, -0.25) is 0 Å². The van der Waals surface area contributed by atoms with Gasteiger partial charge < -0.3 is 9.47 Å². The minimum absolute atomic E-state index is 0.0156. The van der Waals surface area contributed by atoms with Gasteiger partial charge in [0.2, 0.25) is 6.23 Å². The van der Waals surface area contributed by atoms with Crippen molar-refractivity contribution in [1.29, 1.82) is 0 Å². The first-order chi connectivity index (χ1) is 14.6. The van der Waals surface area contributed by atoms with E-state index in [1.807, 2.05) is 54.4 Å². The van der Waals surface area contributed by atoms with Crippen molar-refractivity contribution in [2.24, 2.45) is 5.10 Å². The van der Waals surface area contributed by atoms with Crippen LogP contribution in [0.4, 0.5) is 4.39 Å². The Morgan fingerprint density at radius 2 is 1.93 bits per heavy atom. The maximum Gasteiger partial charge on any atom is 0.214 e. The van der Waals surface area contributed by atoms with Crippen LogP contribution in [0.1, 0.15) is 42.3 Å². The lowest BCUT2D eigenvalue weighted by Gasteiger charge is -2.38. The number of halogens is 2. The summed E-state index contributed by atoms with van der Waals surface area (Å²) >= 11 is 6.26. The zero-order chi connectivity index (χ0) is 20.7. The molecular formula is C24H20ClFN2O2. The van der Waals surface area contributed by atoms with E-state index in [1.54, 1.807) is 12.1 Å². The summed E-state index contributed by atoms with van der Waals surface area (Å²) in [6.45, 7) is 2.50. The smallest absolute Gasteiger partial charge is 0.214 e. The molecule has 2 aliphatic rings. The fourth-order valence-electron chi connectivity index (χ4n) is 4.05. The molecule has 0 amide bonds. The molecule has 6 heteroatoms. The Kier molecular flexibility index (Phi) is 4.83. The zero-order valence-corrected chi connectivity index (χ0v) is 17.1. The van der Waals surface area contributed by atoms with Gasteiger partial charge in [0.25, 0.3) is 0 Å². The maximum absolute atomic E-state index is 13.4. The van der Waals surface area contributed by atoms with Crippen LogP contribution in [0.25, 0.3) is 0 Å². The monoisotopic (exact) mass is 422 g/mol. The topological polar surface area (TPSA) is 34.1 Å². The van der Waals surface area contributed by atoms with Crippen LogP contribution < -0.4 is 9.47 Å². The number of rotatable bonds is 4. The highest BCUT2D eigenvalue weighted by atomic mass is 35.5. The third kappa shape index (κ3) is 3.29. The van der Waals surface area contributed by atoms with E-state index in [0.717, 1.165) is 33.9 Å². The average Bonchev–Trinajstić information content (AvgIpc) is 3.20. The summed E-state index contributed by atoms with van der Waals surface area (Å²) in [6.07, 6.45) is 0.245. The number of nitrogens with zero attached hydrogens (tertiary/aromatic N) is 2. The number of ether oxygens (including phenoxy) is 2. The summed E-state index contributed by atoms with van der Waals surface area (Å²) in [5.41, 5.74) is 3.73. The Bertz CT molecular complexity index is 1120. The Hall–Kier alpha value is -3.05. The molecule has 2 atom stereocenters. The van der Waals surface area contributed by atoms with Crippen LogP contribution in [0.5, 0.6) is 11.5 Å². The summed E-state index contributed by atoms with van der Waals surface area (Å²) in [4.78, 5) is 0. The van der Waals surface area contributed by atoms with Crippen molar-refractivity contribution in [1.82, 2.24) is 5.01 Å². The van der Waals surface area contributed by atoms with Gasteiger partial charge in [-0.25, -0.2) is 9.40 Å². The Labute approximate surface area is 179 Å². The number of para-hydroxylation sites is 1. The van der Waals surface area contributed by atoms with Crippen molar-refractivity contribution in [3.8, 4) is 11.5 Å². The second kappa shape index (κ2) is 7.65. The lowest BCUT2D eigenvalue weighted by Crippen LogP contribution is -2.33. The fraction of sp³-hybridized carbons (Fsp3) is 0.208. The molecule has 4 nitrogen and oxygen atoms in total. The van der Waals surface area contributed by atoms with E-state index in [-0.39, 0.29) is 11.9 Å². The highest BCUT2D eigenvalue weighted by Gasteiger charge is 2.42. The molecule has 152 valence electrons. The van der Waals surface area contributed by atoms with E-state index in [4.69, 9.17) is 26.2 Å². The predicted octanol–water partition coefficient (Wildman–Crippen LogP) is 6.12. The van der Waals surface area contributed by atoms with Crippen molar-refractivity contribution >= 4 is 17.3 Å². The van der Waals surface area contributed by atoms with Gasteiger partial charge in [0.05, 0.1) is 18.4 Å². The van der Waals surface area contributed by atoms with E-state index >= 15 is 0 Å². The molecule has 0 fully saturated rings. The van der Waals surface area contributed by atoms with Gasteiger partial charge in [-0.1, -0.05) is 48.0 Å². The van der Waals surface area contributed by atoms with Gasteiger partial charge in [-0.2, -0.15) is 5.10 Å². The van der Waals surface area contributed by atoms with Crippen molar-refractivity contribution in [2.45, 2.75) is 25.6 Å². The third-order valence-electron chi connectivity index (χ3n) is 5.39. The predicted molar refractivity (Wildman–Crippen MR) is 115 cm³/mol. The van der Waals surface area contributed by atoms with E-state index in [1.165, 1.54) is 12.1 Å². The van der Waals surface area contributed by atoms with Crippen LogP contribution in [-0.4, -0.2) is 17.3 Å². The molecule has 2 heterocycles. The van der Waals surface area contributed by atoms with E-state index in [0.29, 0.717) is 18.1 Å². The van der Waals surface area contributed by atoms with Crippen LogP contribution in [0.2, 0.25) is 5.02 Å². The normalized spacial score (nSPS) is 19.6. The largest absolute Gasteiger partial charge is 0.490 e. The maximum atomic E-state index is 13.4. The molecule has 0 N–H and O–H groups in total. The summed E-state index contributed by atoms with van der Waals surface area (Å²) < 4.78 is 25.7. The van der Waals surface area contributed by atoms with Crippen molar-refractivity contribution < 1.29 is 13.9 Å². The molecule has 0 unspecified atom stereocenters. The molecule has 0 bridgehead atoms. The standard InChI is InChI=1S/C24H20ClFN2O2/c1-2-29-22-8-4-7-19-21-14-20(15-9-11-18(26)12-10-15)27-28(21)24(30-23(19)22)16-5-3-6-17(25)13-16/h3-13,21,24H,2,14H2,1H3/t21-,24+/m1/s1. The van der Waals surface area contributed by atoms with Crippen molar-refractivity contribution in [3.63, 3.8) is 0 Å². The Morgan fingerprint density at radius 1 is 1.13 bits per heavy atom. The van der Waals surface area contributed by atoms with Gasteiger partial charge in [-0.15, -0.1) is 0 Å². The third-order valence-corrected chi connectivity index (χ3v) is 5.63. The number of hydrogen-bond acceptors (Lipinski definition) is 4. The zero-order valence-electron chi connectivity index (χ0n) is 16.4. The van der Waals surface area contributed by atoms with E-state index in [2.05, 4.69) is 0 Å². The molecule has 5 rings (SSSR count). The number of benzene rings is 3. The first-order valence-electron chi connectivity index (χ1n) is 9.93. The molecule has 0 radical (unpaired) electrons. The van der Waals surface area contributed by atoms with Crippen LogP contribution in [0, 0.1) is 5.82 Å². The molecule has 0 spiro atoms. The van der Waals surface area contributed by atoms with Crippen LogP contribution in [0.3, 0.4) is 0 Å². The quantitative estimate of drug-likeness (QED) is 0.508. The minimum atomic E-state index is -0.444. The Morgan fingerprint density at radius 3 is 2.70 bits per heavy atom. The van der Waals surface area contributed by atoms with Crippen LogP contribution in [0.15, 0.2) is 71.8 Å². The minimum Gasteiger partial charge on any atom is -0.490 e.